The Morgan fingerprint density at radius 2 is 1.96 bits per heavy atom. The lowest BCUT2D eigenvalue weighted by atomic mass is 9.95. The molecule has 0 bridgehead atoms. The van der Waals surface area contributed by atoms with Gasteiger partial charge in [-0.25, -0.2) is 4.98 Å². The zero-order valence-corrected chi connectivity index (χ0v) is 18.3. The molecule has 2 atom stereocenters. The molecule has 7 heteroatoms. The summed E-state index contributed by atoms with van der Waals surface area (Å²) in [5.74, 6) is 0.904. The molecule has 4 rings (SSSR count). The fourth-order valence-corrected chi connectivity index (χ4v) is 5.97. The number of amides is 1. The van der Waals surface area contributed by atoms with E-state index in [1.165, 1.54) is 4.88 Å². The van der Waals surface area contributed by atoms with Crippen LogP contribution < -0.4 is 0 Å². The van der Waals surface area contributed by atoms with Crippen molar-refractivity contribution in [3.8, 4) is 9.88 Å². The number of rotatable bonds is 5. The van der Waals surface area contributed by atoms with Crippen LogP contribution in [0.15, 0.2) is 22.9 Å². The van der Waals surface area contributed by atoms with Crippen LogP contribution in [0.5, 0.6) is 0 Å². The van der Waals surface area contributed by atoms with Gasteiger partial charge in [0, 0.05) is 38.1 Å². The van der Waals surface area contributed by atoms with Crippen molar-refractivity contribution >= 4 is 28.6 Å². The molecular weight excluding hydrogens is 390 g/mol. The fraction of sp³-hybridized carbons (Fsp3) is 0.619. The first-order valence-electron chi connectivity index (χ1n) is 10.2. The summed E-state index contributed by atoms with van der Waals surface area (Å²) in [6.07, 6.45) is 3.27. The van der Waals surface area contributed by atoms with Crippen molar-refractivity contribution in [1.29, 1.82) is 0 Å². The van der Waals surface area contributed by atoms with E-state index in [4.69, 9.17) is 4.74 Å². The van der Waals surface area contributed by atoms with Crippen LogP contribution in [0.1, 0.15) is 32.4 Å². The number of carbonyl (C=O) groups is 1. The molecule has 2 aromatic rings. The first-order valence-corrected chi connectivity index (χ1v) is 12.0. The van der Waals surface area contributed by atoms with Crippen molar-refractivity contribution in [2.75, 3.05) is 32.7 Å². The van der Waals surface area contributed by atoms with Gasteiger partial charge in [0.15, 0.2) is 0 Å². The number of morpholine rings is 1. The number of hydrogen-bond acceptors (Lipinski definition) is 6. The second-order valence-electron chi connectivity index (χ2n) is 8.10. The van der Waals surface area contributed by atoms with E-state index in [-0.39, 0.29) is 5.91 Å². The standard InChI is InChI=1S/C21H29N3O2S2/c1-15-11-23(12-16(2)26-15)13-17-5-7-24(8-6-17)20(25)10-18-14-28-21(22-18)19-4-3-9-27-19/h3-4,9,14-17H,5-8,10-13H2,1-2H3. The molecule has 1 amide bonds. The number of thiazole rings is 1. The molecule has 4 heterocycles. The summed E-state index contributed by atoms with van der Waals surface area (Å²) in [4.78, 5) is 23.1. The molecule has 2 aromatic heterocycles. The minimum atomic E-state index is 0.218. The molecule has 2 aliphatic rings. The molecule has 0 saturated carbocycles. The van der Waals surface area contributed by atoms with Gasteiger partial charge < -0.3 is 9.64 Å². The number of carbonyl (C=O) groups excluding carboxylic acids is 1. The summed E-state index contributed by atoms with van der Waals surface area (Å²) in [5, 5.41) is 5.11. The predicted octanol–water partition coefficient (Wildman–Crippen LogP) is 3.76. The smallest absolute Gasteiger partial charge is 0.228 e. The number of thiophene rings is 1. The molecule has 0 radical (unpaired) electrons. The van der Waals surface area contributed by atoms with E-state index < -0.39 is 0 Å². The lowest BCUT2D eigenvalue weighted by molar-refractivity contribution is -0.132. The van der Waals surface area contributed by atoms with Gasteiger partial charge >= 0.3 is 0 Å². The van der Waals surface area contributed by atoms with Crippen LogP contribution in [-0.2, 0) is 16.0 Å². The Labute approximate surface area is 175 Å². The summed E-state index contributed by atoms with van der Waals surface area (Å²) < 4.78 is 5.84. The third-order valence-corrected chi connectivity index (χ3v) is 7.53. The maximum Gasteiger partial charge on any atom is 0.228 e. The van der Waals surface area contributed by atoms with Gasteiger partial charge in [0.25, 0.3) is 0 Å². The van der Waals surface area contributed by atoms with E-state index in [1.54, 1.807) is 22.7 Å². The van der Waals surface area contributed by atoms with Crippen molar-refractivity contribution in [2.24, 2.45) is 5.92 Å². The van der Waals surface area contributed by atoms with Crippen LogP contribution in [0.4, 0.5) is 0 Å². The van der Waals surface area contributed by atoms with Gasteiger partial charge in [0.05, 0.1) is 29.2 Å². The van der Waals surface area contributed by atoms with Crippen molar-refractivity contribution in [1.82, 2.24) is 14.8 Å². The SMILES string of the molecule is CC1CN(CC2CCN(C(=O)Cc3csc(-c4cccs4)n3)CC2)CC(C)O1. The van der Waals surface area contributed by atoms with Crippen molar-refractivity contribution in [2.45, 2.75) is 45.3 Å². The van der Waals surface area contributed by atoms with E-state index >= 15 is 0 Å². The first-order chi connectivity index (χ1) is 13.6. The van der Waals surface area contributed by atoms with Gasteiger partial charge in [0.2, 0.25) is 5.91 Å². The molecule has 28 heavy (non-hydrogen) atoms. The summed E-state index contributed by atoms with van der Waals surface area (Å²) in [5.41, 5.74) is 0.900. The average molecular weight is 420 g/mol. The Morgan fingerprint density at radius 3 is 2.64 bits per heavy atom. The zero-order valence-electron chi connectivity index (χ0n) is 16.7. The van der Waals surface area contributed by atoms with Gasteiger partial charge in [-0.2, -0.15) is 0 Å². The lowest BCUT2D eigenvalue weighted by Crippen LogP contribution is -2.48. The van der Waals surface area contributed by atoms with Crippen LogP contribution in [0.2, 0.25) is 0 Å². The Hall–Kier alpha value is -1.28. The van der Waals surface area contributed by atoms with Crippen LogP contribution in [0, 0.1) is 5.92 Å². The van der Waals surface area contributed by atoms with Crippen molar-refractivity contribution < 1.29 is 9.53 Å². The van der Waals surface area contributed by atoms with E-state index in [9.17, 15) is 4.79 Å². The second kappa shape index (κ2) is 9.03. The number of aromatic nitrogens is 1. The minimum absolute atomic E-state index is 0.218. The Morgan fingerprint density at radius 1 is 1.21 bits per heavy atom. The normalized spacial score (nSPS) is 24.6. The number of nitrogens with zero attached hydrogens (tertiary/aromatic N) is 3. The maximum atomic E-state index is 12.7. The van der Waals surface area contributed by atoms with Crippen molar-refractivity contribution in [3.63, 3.8) is 0 Å². The summed E-state index contributed by atoms with van der Waals surface area (Å²) in [6, 6.07) is 4.12. The van der Waals surface area contributed by atoms with Crippen LogP contribution in [-0.4, -0.2) is 65.6 Å². The van der Waals surface area contributed by atoms with Crippen LogP contribution >= 0.6 is 22.7 Å². The molecular formula is C21H29N3O2S2. The van der Waals surface area contributed by atoms with Crippen LogP contribution in [0.25, 0.3) is 9.88 Å². The molecule has 5 nitrogen and oxygen atoms in total. The van der Waals surface area contributed by atoms with Crippen molar-refractivity contribution in [3.05, 3.63) is 28.6 Å². The zero-order chi connectivity index (χ0) is 19.5. The fourth-order valence-electron chi connectivity index (χ4n) is 4.33. The van der Waals surface area contributed by atoms with E-state index in [0.717, 1.165) is 56.3 Å². The Bertz CT molecular complexity index is 758. The molecule has 2 aliphatic heterocycles. The van der Waals surface area contributed by atoms with Gasteiger partial charge in [-0.1, -0.05) is 6.07 Å². The number of hydrogen-bond donors (Lipinski definition) is 0. The quantitative estimate of drug-likeness (QED) is 0.740. The first kappa shape index (κ1) is 20.0. The molecule has 152 valence electrons. The monoisotopic (exact) mass is 419 g/mol. The van der Waals surface area contributed by atoms with E-state index in [2.05, 4.69) is 35.2 Å². The highest BCUT2D eigenvalue weighted by Crippen LogP contribution is 2.28. The van der Waals surface area contributed by atoms with Gasteiger partial charge in [-0.05, 0) is 44.1 Å². The molecule has 0 spiro atoms. The average Bonchev–Trinajstić information content (AvgIpc) is 3.33. The van der Waals surface area contributed by atoms with Crippen LogP contribution in [0.3, 0.4) is 0 Å². The molecule has 2 unspecified atom stereocenters. The third-order valence-electron chi connectivity index (χ3n) is 5.59. The Kier molecular flexibility index (Phi) is 6.45. The van der Waals surface area contributed by atoms with E-state index in [0.29, 0.717) is 24.5 Å². The van der Waals surface area contributed by atoms with Gasteiger partial charge in [-0.15, -0.1) is 22.7 Å². The van der Waals surface area contributed by atoms with Gasteiger partial charge in [0.1, 0.15) is 5.01 Å². The minimum Gasteiger partial charge on any atom is -0.373 e. The summed E-state index contributed by atoms with van der Waals surface area (Å²) >= 11 is 3.32. The third kappa shape index (κ3) is 5.00. The molecule has 2 fully saturated rings. The highest BCUT2D eigenvalue weighted by molar-refractivity contribution is 7.20. The number of ether oxygens (including phenoxy) is 1. The Balaban J connectivity index is 1.24. The summed E-state index contributed by atoms with van der Waals surface area (Å²) in [6.45, 7) is 9.26. The lowest BCUT2D eigenvalue weighted by Gasteiger charge is -2.39. The molecule has 2 saturated heterocycles. The molecule has 0 N–H and O–H groups in total. The van der Waals surface area contributed by atoms with Gasteiger partial charge in [-0.3, -0.25) is 9.69 Å². The van der Waals surface area contributed by atoms with E-state index in [1.807, 2.05) is 16.3 Å². The largest absolute Gasteiger partial charge is 0.373 e. The second-order valence-corrected chi connectivity index (χ2v) is 9.90. The maximum absolute atomic E-state index is 12.7. The highest BCUT2D eigenvalue weighted by atomic mass is 32.1. The highest BCUT2D eigenvalue weighted by Gasteiger charge is 2.28. The predicted molar refractivity (Wildman–Crippen MR) is 115 cm³/mol. The number of piperidine rings is 1. The molecule has 0 aromatic carbocycles. The number of likely N-dealkylation sites (tertiary alicyclic amines) is 1. The topological polar surface area (TPSA) is 45.7 Å². The summed E-state index contributed by atoms with van der Waals surface area (Å²) in [7, 11) is 0. The molecule has 0 aliphatic carbocycles.